The lowest BCUT2D eigenvalue weighted by atomic mass is 10.00. The lowest BCUT2D eigenvalue weighted by molar-refractivity contribution is -0.150. The molecule has 0 aromatic carbocycles. The summed E-state index contributed by atoms with van der Waals surface area (Å²) < 4.78 is 4.89. The van der Waals surface area contributed by atoms with E-state index in [2.05, 4.69) is 5.32 Å². The fraction of sp³-hybridized carbons (Fsp3) is 0.875. The number of ether oxygens (including phenoxy) is 1. The van der Waals surface area contributed by atoms with Crippen molar-refractivity contribution in [1.82, 2.24) is 5.32 Å². The molecule has 1 atom stereocenters. The molecule has 0 saturated carbocycles. The molecule has 0 aromatic rings. The van der Waals surface area contributed by atoms with Crippen LogP contribution in [-0.2, 0) is 9.53 Å². The SMILES string of the molecule is CCOC(=O)C(C)(CC)NC.[HH]. The van der Waals surface area contributed by atoms with E-state index in [9.17, 15) is 4.79 Å². The normalized spacial score (nSPS) is 15.6. The Morgan fingerprint density at radius 2 is 2.18 bits per heavy atom. The van der Waals surface area contributed by atoms with Crippen molar-refractivity contribution in [2.75, 3.05) is 13.7 Å². The number of esters is 1. The van der Waals surface area contributed by atoms with Crippen molar-refractivity contribution < 1.29 is 11.0 Å². The first-order valence-electron chi connectivity index (χ1n) is 3.96. The molecule has 0 aromatic heterocycles. The Balaban J connectivity index is 0. The van der Waals surface area contributed by atoms with Gasteiger partial charge in [0.25, 0.3) is 0 Å². The maximum atomic E-state index is 11.2. The minimum absolute atomic E-state index is 0. The summed E-state index contributed by atoms with van der Waals surface area (Å²) in [5.74, 6) is -0.176. The summed E-state index contributed by atoms with van der Waals surface area (Å²) in [5.41, 5.74) is -0.518. The van der Waals surface area contributed by atoms with Gasteiger partial charge in [-0.1, -0.05) is 6.92 Å². The Hall–Kier alpha value is -0.570. The Labute approximate surface area is 69.6 Å². The van der Waals surface area contributed by atoms with Crippen molar-refractivity contribution >= 4 is 5.97 Å². The van der Waals surface area contributed by atoms with Gasteiger partial charge in [0.2, 0.25) is 0 Å². The van der Waals surface area contributed by atoms with Gasteiger partial charge in [-0.05, 0) is 27.3 Å². The minimum Gasteiger partial charge on any atom is -0.465 e. The third-order valence-electron chi connectivity index (χ3n) is 1.98. The van der Waals surface area contributed by atoms with E-state index in [0.29, 0.717) is 6.61 Å². The molecule has 68 valence electrons. The number of likely N-dealkylation sites (N-methyl/N-ethyl adjacent to an activating group) is 1. The maximum absolute atomic E-state index is 11.2. The average molecular weight is 161 g/mol. The van der Waals surface area contributed by atoms with Gasteiger partial charge in [-0.3, -0.25) is 4.79 Å². The lowest BCUT2D eigenvalue weighted by Crippen LogP contribution is -2.48. The summed E-state index contributed by atoms with van der Waals surface area (Å²) in [4.78, 5) is 11.2. The van der Waals surface area contributed by atoms with Crippen LogP contribution < -0.4 is 5.32 Å². The molecule has 0 radical (unpaired) electrons. The van der Waals surface area contributed by atoms with Crippen molar-refractivity contribution in [3.63, 3.8) is 0 Å². The van der Waals surface area contributed by atoms with Crippen molar-refractivity contribution in [1.29, 1.82) is 0 Å². The molecule has 0 amide bonds. The van der Waals surface area contributed by atoms with Gasteiger partial charge in [-0.2, -0.15) is 0 Å². The molecule has 0 rings (SSSR count). The molecule has 0 aliphatic carbocycles. The zero-order valence-corrected chi connectivity index (χ0v) is 7.73. The monoisotopic (exact) mass is 161 g/mol. The van der Waals surface area contributed by atoms with E-state index in [1.54, 1.807) is 7.05 Å². The van der Waals surface area contributed by atoms with E-state index >= 15 is 0 Å². The van der Waals surface area contributed by atoms with Gasteiger partial charge in [-0.25, -0.2) is 0 Å². The largest absolute Gasteiger partial charge is 0.465 e. The van der Waals surface area contributed by atoms with Crippen LogP contribution in [0.5, 0.6) is 0 Å². The molecule has 1 unspecified atom stereocenters. The van der Waals surface area contributed by atoms with E-state index in [-0.39, 0.29) is 7.40 Å². The smallest absolute Gasteiger partial charge is 0.326 e. The molecule has 3 nitrogen and oxygen atoms in total. The highest BCUT2D eigenvalue weighted by Gasteiger charge is 2.30. The van der Waals surface area contributed by atoms with Crippen LogP contribution in [0.2, 0.25) is 0 Å². The van der Waals surface area contributed by atoms with E-state index in [1.165, 1.54) is 0 Å². The first-order chi connectivity index (χ1) is 5.10. The first kappa shape index (κ1) is 10.4. The summed E-state index contributed by atoms with van der Waals surface area (Å²) in [6.45, 7) is 6.04. The molecule has 0 bridgehead atoms. The predicted molar refractivity (Wildman–Crippen MR) is 46.5 cm³/mol. The fourth-order valence-corrected chi connectivity index (χ4v) is 0.714. The summed E-state index contributed by atoms with van der Waals surface area (Å²) in [5, 5.41) is 2.94. The van der Waals surface area contributed by atoms with Gasteiger partial charge in [0.15, 0.2) is 0 Å². The number of hydrogen-bond donors (Lipinski definition) is 1. The number of nitrogens with one attached hydrogen (secondary N) is 1. The molecule has 0 saturated heterocycles. The van der Waals surface area contributed by atoms with E-state index < -0.39 is 5.54 Å². The summed E-state index contributed by atoms with van der Waals surface area (Å²) in [6.07, 6.45) is 0.738. The number of carbonyl (C=O) groups is 1. The highest BCUT2D eigenvalue weighted by molar-refractivity contribution is 5.80. The Kier molecular flexibility index (Phi) is 4.11. The molecule has 0 heterocycles. The molecule has 1 N–H and O–H groups in total. The van der Waals surface area contributed by atoms with Crippen LogP contribution >= 0.6 is 0 Å². The highest BCUT2D eigenvalue weighted by Crippen LogP contribution is 2.09. The zero-order valence-electron chi connectivity index (χ0n) is 7.73. The summed E-state index contributed by atoms with van der Waals surface area (Å²) in [6, 6.07) is 0. The molecule has 11 heavy (non-hydrogen) atoms. The molecule has 0 aliphatic heterocycles. The molecule has 3 heteroatoms. The van der Waals surface area contributed by atoms with Crippen molar-refractivity contribution in [2.45, 2.75) is 32.7 Å². The number of hydrogen-bond acceptors (Lipinski definition) is 3. The van der Waals surface area contributed by atoms with Gasteiger partial charge < -0.3 is 10.1 Å². The molecular weight excluding hydrogens is 142 g/mol. The fourth-order valence-electron chi connectivity index (χ4n) is 0.714. The number of rotatable bonds is 4. The van der Waals surface area contributed by atoms with Crippen LogP contribution in [0.25, 0.3) is 0 Å². The highest BCUT2D eigenvalue weighted by atomic mass is 16.5. The molecule has 0 fully saturated rings. The standard InChI is InChI=1S/C8H17NO2.H2/c1-5-8(3,9-4)7(10)11-6-2;/h9H,5-6H2,1-4H3;1H. The Morgan fingerprint density at radius 3 is 2.45 bits per heavy atom. The summed E-state index contributed by atoms with van der Waals surface area (Å²) in [7, 11) is 1.76. The first-order valence-corrected chi connectivity index (χ1v) is 3.96. The zero-order chi connectivity index (χ0) is 8.91. The van der Waals surface area contributed by atoms with Gasteiger partial charge in [0.05, 0.1) is 6.61 Å². The van der Waals surface area contributed by atoms with Gasteiger partial charge in [0, 0.05) is 1.43 Å². The van der Waals surface area contributed by atoms with Crippen molar-refractivity contribution in [3.05, 3.63) is 0 Å². The quantitative estimate of drug-likeness (QED) is 0.629. The van der Waals surface area contributed by atoms with Crippen molar-refractivity contribution in [2.24, 2.45) is 0 Å². The van der Waals surface area contributed by atoms with Gasteiger partial charge in [0.1, 0.15) is 5.54 Å². The van der Waals surface area contributed by atoms with Gasteiger partial charge >= 0.3 is 5.97 Å². The van der Waals surface area contributed by atoms with Gasteiger partial charge in [-0.15, -0.1) is 0 Å². The van der Waals surface area contributed by atoms with Crippen LogP contribution in [0.3, 0.4) is 0 Å². The maximum Gasteiger partial charge on any atom is 0.326 e. The predicted octanol–water partition coefficient (Wildman–Crippen LogP) is 1.18. The van der Waals surface area contributed by atoms with Crippen LogP contribution in [0.4, 0.5) is 0 Å². The van der Waals surface area contributed by atoms with Crippen LogP contribution in [-0.4, -0.2) is 25.2 Å². The minimum atomic E-state index is -0.518. The molecule has 0 aliphatic rings. The summed E-state index contributed by atoms with van der Waals surface area (Å²) >= 11 is 0. The number of carbonyl (C=O) groups excluding carboxylic acids is 1. The Morgan fingerprint density at radius 1 is 1.64 bits per heavy atom. The average Bonchev–Trinajstić information content (AvgIpc) is 2.03. The second kappa shape index (κ2) is 4.34. The third-order valence-corrected chi connectivity index (χ3v) is 1.98. The second-order valence-corrected chi connectivity index (χ2v) is 2.66. The van der Waals surface area contributed by atoms with Crippen LogP contribution in [0.1, 0.15) is 28.6 Å². The third kappa shape index (κ3) is 2.50. The van der Waals surface area contributed by atoms with Crippen molar-refractivity contribution in [3.8, 4) is 0 Å². The van der Waals surface area contributed by atoms with E-state index in [0.717, 1.165) is 6.42 Å². The molecular formula is C8H19NO2. The Bertz CT molecular complexity index is 135. The van der Waals surface area contributed by atoms with Crippen LogP contribution in [0.15, 0.2) is 0 Å². The van der Waals surface area contributed by atoms with E-state index in [1.807, 2.05) is 20.8 Å². The molecule has 0 spiro atoms. The van der Waals surface area contributed by atoms with Crippen LogP contribution in [0, 0.1) is 0 Å². The lowest BCUT2D eigenvalue weighted by Gasteiger charge is -2.24. The van der Waals surface area contributed by atoms with E-state index in [4.69, 9.17) is 4.74 Å². The topological polar surface area (TPSA) is 38.3 Å². The second-order valence-electron chi connectivity index (χ2n) is 2.66.